The smallest absolute Gasteiger partial charge is 0.274 e. The third-order valence-corrected chi connectivity index (χ3v) is 6.15. The second-order valence-corrected chi connectivity index (χ2v) is 8.92. The summed E-state index contributed by atoms with van der Waals surface area (Å²) in [5.41, 5.74) is 2.64. The van der Waals surface area contributed by atoms with Crippen LogP contribution in [-0.2, 0) is 13.1 Å². The lowest BCUT2D eigenvalue weighted by atomic mass is 10.2. The number of rotatable bonds is 12. The minimum Gasteiger partial charge on any atom is -0.493 e. The van der Waals surface area contributed by atoms with E-state index in [2.05, 4.69) is 20.7 Å². The van der Waals surface area contributed by atoms with Gasteiger partial charge < -0.3 is 29.6 Å². The van der Waals surface area contributed by atoms with E-state index in [-0.39, 0.29) is 17.8 Å². The number of halogens is 1. The molecule has 0 aliphatic heterocycles. The molecule has 0 bridgehead atoms. The van der Waals surface area contributed by atoms with Crippen molar-refractivity contribution < 1.29 is 23.7 Å². The van der Waals surface area contributed by atoms with Crippen molar-refractivity contribution >= 4 is 35.5 Å². The molecule has 0 aliphatic carbocycles. The van der Waals surface area contributed by atoms with Gasteiger partial charge in [-0.2, -0.15) is 9.67 Å². The summed E-state index contributed by atoms with van der Waals surface area (Å²) in [5.74, 6) is 2.64. The molecule has 0 saturated heterocycles. The van der Waals surface area contributed by atoms with Gasteiger partial charge in [0.15, 0.2) is 23.0 Å². The fraction of sp³-hybridized carbons (Fsp3) is 0.207. The molecular weight excluding hydrogens is 534 g/mol. The standard InChI is InChI=1S/C29H30ClN5O5/c1-37-23-12-7-20(15-25(23)39-3)17-31-28-33-29(32-18-21-8-13-24(38-2)26(16-21)40-4)35(34-28)27(36)14-9-19-5-10-22(30)11-6-19/h5-16H,17-18H2,1-4H3,(H2,31,32,33,34)/b14-9+. The van der Waals surface area contributed by atoms with Crippen LogP contribution >= 0.6 is 11.6 Å². The van der Waals surface area contributed by atoms with Gasteiger partial charge in [-0.3, -0.25) is 4.79 Å². The van der Waals surface area contributed by atoms with E-state index in [1.807, 2.05) is 48.5 Å². The van der Waals surface area contributed by atoms with Crippen molar-refractivity contribution in [2.45, 2.75) is 13.1 Å². The van der Waals surface area contributed by atoms with Crippen molar-refractivity contribution in [3.05, 3.63) is 88.5 Å². The van der Waals surface area contributed by atoms with Crippen LogP contribution in [0, 0.1) is 0 Å². The van der Waals surface area contributed by atoms with E-state index in [4.69, 9.17) is 30.5 Å². The number of nitrogens with zero attached hydrogens (tertiary/aromatic N) is 3. The molecule has 4 aromatic rings. The molecule has 1 aromatic heterocycles. The molecule has 0 amide bonds. The van der Waals surface area contributed by atoms with Crippen molar-refractivity contribution in [2.75, 3.05) is 39.1 Å². The maximum atomic E-state index is 13.2. The van der Waals surface area contributed by atoms with Crippen LogP contribution in [0.2, 0.25) is 5.02 Å². The van der Waals surface area contributed by atoms with Crippen LogP contribution in [0.4, 0.5) is 11.9 Å². The number of benzene rings is 3. The molecule has 208 valence electrons. The number of carbonyl (C=O) groups excluding carboxylic acids is 1. The first-order valence-corrected chi connectivity index (χ1v) is 12.7. The van der Waals surface area contributed by atoms with E-state index in [0.29, 0.717) is 41.1 Å². The molecule has 0 fully saturated rings. The highest BCUT2D eigenvalue weighted by molar-refractivity contribution is 6.30. The normalized spacial score (nSPS) is 10.8. The first kappa shape index (κ1) is 28.3. The van der Waals surface area contributed by atoms with Gasteiger partial charge in [-0.25, -0.2) is 0 Å². The molecule has 0 atom stereocenters. The van der Waals surface area contributed by atoms with Crippen LogP contribution in [0.3, 0.4) is 0 Å². The van der Waals surface area contributed by atoms with Gasteiger partial charge in [0, 0.05) is 24.2 Å². The van der Waals surface area contributed by atoms with E-state index in [9.17, 15) is 4.79 Å². The highest BCUT2D eigenvalue weighted by Crippen LogP contribution is 2.29. The zero-order valence-electron chi connectivity index (χ0n) is 22.6. The molecule has 0 unspecified atom stereocenters. The summed E-state index contributed by atoms with van der Waals surface area (Å²) in [6, 6.07) is 18.3. The van der Waals surface area contributed by atoms with Crippen molar-refractivity contribution in [1.29, 1.82) is 0 Å². The van der Waals surface area contributed by atoms with Gasteiger partial charge >= 0.3 is 0 Å². The van der Waals surface area contributed by atoms with Crippen molar-refractivity contribution in [1.82, 2.24) is 14.8 Å². The number of carbonyl (C=O) groups is 1. The number of methoxy groups -OCH3 is 4. The number of aromatic nitrogens is 3. The Morgan fingerprint density at radius 3 is 1.90 bits per heavy atom. The lowest BCUT2D eigenvalue weighted by molar-refractivity contribution is 0.0957. The van der Waals surface area contributed by atoms with E-state index in [1.54, 1.807) is 46.6 Å². The highest BCUT2D eigenvalue weighted by Gasteiger charge is 2.15. The predicted molar refractivity (Wildman–Crippen MR) is 155 cm³/mol. The van der Waals surface area contributed by atoms with Gasteiger partial charge in [-0.1, -0.05) is 35.9 Å². The monoisotopic (exact) mass is 563 g/mol. The zero-order valence-corrected chi connectivity index (χ0v) is 23.4. The molecule has 0 radical (unpaired) electrons. The van der Waals surface area contributed by atoms with Gasteiger partial charge in [-0.05, 0) is 59.2 Å². The molecule has 10 nitrogen and oxygen atoms in total. The van der Waals surface area contributed by atoms with E-state index >= 15 is 0 Å². The van der Waals surface area contributed by atoms with Crippen LogP contribution in [0.1, 0.15) is 21.5 Å². The van der Waals surface area contributed by atoms with Crippen LogP contribution < -0.4 is 29.6 Å². The third kappa shape index (κ3) is 7.03. The van der Waals surface area contributed by atoms with Crippen LogP contribution in [0.15, 0.2) is 66.7 Å². The number of hydrogen-bond acceptors (Lipinski definition) is 9. The summed E-state index contributed by atoms with van der Waals surface area (Å²) in [6.07, 6.45) is 3.12. The van der Waals surface area contributed by atoms with E-state index in [0.717, 1.165) is 16.7 Å². The topological polar surface area (TPSA) is 109 Å². The summed E-state index contributed by atoms with van der Waals surface area (Å²) in [4.78, 5) is 17.7. The Labute approximate surface area is 237 Å². The van der Waals surface area contributed by atoms with Crippen molar-refractivity contribution in [2.24, 2.45) is 0 Å². The van der Waals surface area contributed by atoms with Crippen molar-refractivity contribution in [3.8, 4) is 23.0 Å². The maximum Gasteiger partial charge on any atom is 0.274 e. The van der Waals surface area contributed by atoms with Crippen molar-refractivity contribution in [3.63, 3.8) is 0 Å². The molecule has 4 rings (SSSR count). The molecular formula is C29H30ClN5O5. The Hall–Kier alpha value is -4.70. The zero-order chi connectivity index (χ0) is 28.5. The Bertz CT molecular complexity index is 1490. The van der Waals surface area contributed by atoms with Crippen LogP contribution in [0.25, 0.3) is 6.08 Å². The average molecular weight is 564 g/mol. The molecule has 0 saturated carbocycles. The number of nitrogens with one attached hydrogen (secondary N) is 2. The molecule has 11 heteroatoms. The summed E-state index contributed by atoms with van der Waals surface area (Å²) >= 11 is 5.96. The largest absolute Gasteiger partial charge is 0.493 e. The Morgan fingerprint density at radius 1 is 0.800 bits per heavy atom. The third-order valence-electron chi connectivity index (χ3n) is 5.90. The second kappa shape index (κ2) is 13.4. The minimum absolute atomic E-state index is 0.273. The second-order valence-electron chi connectivity index (χ2n) is 8.48. The molecule has 3 aromatic carbocycles. The van der Waals surface area contributed by atoms with Crippen LogP contribution in [-0.4, -0.2) is 49.1 Å². The number of ether oxygens (including phenoxy) is 4. The Morgan fingerprint density at radius 2 is 1.35 bits per heavy atom. The van der Waals surface area contributed by atoms with Gasteiger partial charge in [0.05, 0.1) is 28.4 Å². The Kier molecular flexibility index (Phi) is 9.48. The Balaban J connectivity index is 1.55. The summed E-state index contributed by atoms with van der Waals surface area (Å²) in [6.45, 7) is 0.761. The highest BCUT2D eigenvalue weighted by atomic mass is 35.5. The number of allylic oxidation sites excluding steroid dienone is 1. The molecule has 0 aliphatic rings. The predicted octanol–water partition coefficient (Wildman–Crippen LogP) is 5.54. The number of anilines is 2. The quantitative estimate of drug-likeness (QED) is 0.215. The van der Waals surface area contributed by atoms with E-state index in [1.165, 1.54) is 10.8 Å². The summed E-state index contributed by atoms with van der Waals surface area (Å²) in [7, 11) is 6.32. The average Bonchev–Trinajstić information content (AvgIpc) is 3.41. The molecule has 40 heavy (non-hydrogen) atoms. The lowest BCUT2D eigenvalue weighted by Gasteiger charge is -2.10. The minimum atomic E-state index is -0.378. The maximum absolute atomic E-state index is 13.2. The summed E-state index contributed by atoms with van der Waals surface area (Å²) in [5, 5.41) is 11.4. The van der Waals surface area contributed by atoms with Gasteiger partial charge in [-0.15, -0.1) is 5.10 Å². The SMILES string of the molecule is COc1ccc(CNc2nc(NCc3ccc(OC)c(OC)c3)n(C(=O)/C=C/c3ccc(Cl)cc3)n2)cc1OC. The first-order chi connectivity index (χ1) is 19.4. The number of hydrogen-bond donors (Lipinski definition) is 2. The molecule has 0 spiro atoms. The first-order valence-electron chi connectivity index (χ1n) is 12.3. The van der Waals surface area contributed by atoms with Gasteiger partial charge in [0.25, 0.3) is 5.91 Å². The van der Waals surface area contributed by atoms with Gasteiger partial charge in [0.2, 0.25) is 11.9 Å². The summed E-state index contributed by atoms with van der Waals surface area (Å²) < 4.78 is 22.6. The van der Waals surface area contributed by atoms with Crippen LogP contribution in [0.5, 0.6) is 23.0 Å². The fourth-order valence-corrected chi connectivity index (χ4v) is 3.94. The van der Waals surface area contributed by atoms with E-state index < -0.39 is 0 Å². The van der Waals surface area contributed by atoms with Gasteiger partial charge in [0.1, 0.15) is 0 Å². The fourth-order valence-electron chi connectivity index (χ4n) is 3.81. The molecule has 2 N–H and O–H groups in total. The molecule has 1 heterocycles. The lowest BCUT2D eigenvalue weighted by Crippen LogP contribution is -2.14.